The minimum atomic E-state index is -4.70. The molecular formula is C11H10F3N3O3. The molecule has 20 heavy (non-hydrogen) atoms. The van der Waals surface area contributed by atoms with Crippen molar-refractivity contribution >= 4 is 16.9 Å². The number of carbonyl (C=O) groups is 1. The average molecular weight is 289 g/mol. The lowest BCUT2D eigenvalue weighted by molar-refractivity contribution is -0.144. The number of ether oxygens (including phenoxy) is 1. The molecule has 0 spiro atoms. The molecule has 0 radical (unpaired) electrons. The van der Waals surface area contributed by atoms with E-state index in [9.17, 15) is 22.8 Å². The van der Waals surface area contributed by atoms with Crippen molar-refractivity contribution in [3.8, 4) is 0 Å². The number of rotatable bonds is 3. The van der Waals surface area contributed by atoms with E-state index in [0.29, 0.717) is 6.20 Å². The normalized spacial score (nSPS) is 11.8. The minimum Gasteiger partial charge on any atom is -0.465 e. The number of halogens is 3. The van der Waals surface area contributed by atoms with E-state index in [-0.39, 0.29) is 12.1 Å². The summed E-state index contributed by atoms with van der Waals surface area (Å²) < 4.78 is 44.4. The Labute approximate surface area is 110 Å². The van der Waals surface area contributed by atoms with Gasteiger partial charge in [0.15, 0.2) is 0 Å². The Balaban J connectivity index is 2.60. The summed E-state index contributed by atoms with van der Waals surface area (Å²) in [5.41, 5.74) is -2.15. The molecule has 0 atom stereocenters. The predicted molar refractivity (Wildman–Crippen MR) is 62.0 cm³/mol. The Hall–Kier alpha value is -2.32. The van der Waals surface area contributed by atoms with Crippen molar-refractivity contribution < 1.29 is 22.7 Å². The first-order valence-electron chi connectivity index (χ1n) is 5.64. The molecule has 6 nitrogen and oxygen atoms in total. The topological polar surface area (TPSA) is 77.0 Å². The van der Waals surface area contributed by atoms with Gasteiger partial charge in [-0.25, -0.2) is 5.10 Å². The van der Waals surface area contributed by atoms with Gasteiger partial charge in [0.1, 0.15) is 6.54 Å². The number of esters is 1. The van der Waals surface area contributed by atoms with Crippen LogP contribution < -0.4 is 5.56 Å². The molecule has 0 unspecified atom stereocenters. The number of aromatic nitrogens is 3. The fraction of sp³-hybridized carbons (Fsp3) is 0.364. The quantitative estimate of drug-likeness (QED) is 0.864. The van der Waals surface area contributed by atoms with Crippen LogP contribution in [0.4, 0.5) is 13.2 Å². The number of alkyl halides is 3. The van der Waals surface area contributed by atoms with Gasteiger partial charge in [-0.15, -0.1) is 0 Å². The van der Waals surface area contributed by atoms with E-state index in [1.165, 1.54) is 0 Å². The number of nitrogens with zero attached hydrogens (tertiary/aromatic N) is 2. The molecule has 2 aromatic rings. The molecule has 9 heteroatoms. The van der Waals surface area contributed by atoms with Gasteiger partial charge in [-0.1, -0.05) is 0 Å². The van der Waals surface area contributed by atoms with Crippen molar-refractivity contribution in [2.45, 2.75) is 19.6 Å². The van der Waals surface area contributed by atoms with Crippen molar-refractivity contribution in [2.75, 3.05) is 6.61 Å². The Morgan fingerprint density at radius 2 is 2.20 bits per heavy atom. The van der Waals surface area contributed by atoms with E-state index in [4.69, 9.17) is 0 Å². The molecular weight excluding hydrogens is 279 g/mol. The van der Waals surface area contributed by atoms with Gasteiger partial charge in [0, 0.05) is 6.20 Å². The number of fused-ring (bicyclic) bond motifs is 1. The van der Waals surface area contributed by atoms with Crippen LogP contribution in [0.3, 0.4) is 0 Å². The average Bonchev–Trinajstić information content (AvgIpc) is 2.70. The SMILES string of the molecule is CCOC(=O)Cn1cc(C(F)(F)F)c2c(=O)[nH]ncc21. The predicted octanol–water partition coefficient (Wildman–Crippen LogP) is 1.31. The maximum atomic E-state index is 12.9. The molecule has 0 aromatic carbocycles. The third-order valence-corrected chi connectivity index (χ3v) is 2.61. The van der Waals surface area contributed by atoms with Gasteiger partial charge in [0.05, 0.1) is 29.3 Å². The monoisotopic (exact) mass is 289 g/mol. The zero-order chi connectivity index (χ0) is 14.9. The second-order valence-electron chi connectivity index (χ2n) is 3.93. The van der Waals surface area contributed by atoms with E-state index in [2.05, 4.69) is 9.84 Å². The Kier molecular flexibility index (Phi) is 3.51. The van der Waals surface area contributed by atoms with Gasteiger partial charge in [-0.05, 0) is 6.92 Å². The second-order valence-corrected chi connectivity index (χ2v) is 3.93. The lowest BCUT2D eigenvalue weighted by Crippen LogP contribution is -2.14. The molecule has 0 saturated heterocycles. The minimum absolute atomic E-state index is 0.0749. The van der Waals surface area contributed by atoms with Gasteiger partial charge in [0.2, 0.25) is 0 Å². The van der Waals surface area contributed by atoms with Crippen LogP contribution in [-0.4, -0.2) is 27.3 Å². The van der Waals surface area contributed by atoms with Gasteiger partial charge in [-0.3, -0.25) is 9.59 Å². The molecule has 108 valence electrons. The van der Waals surface area contributed by atoms with Crippen LogP contribution in [0.2, 0.25) is 0 Å². The van der Waals surface area contributed by atoms with Gasteiger partial charge >= 0.3 is 12.1 Å². The standard InChI is InChI=1S/C11H10F3N3O3/c1-2-20-8(18)5-17-4-6(11(12,13)14)9-7(17)3-15-16-10(9)19/h3-4H,2,5H2,1H3,(H,16,19). The lowest BCUT2D eigenvalue weighted by atomic mass is 10.2. The van der Waals surface area contributed by atoms with Crippen LogP contribution in [0.15, 0.2) is 17.2 Å². The van der Waals surface area contributed by atoms with Crippen LogP contribution in [0.5, 0.6) is 0 Å². The van der Waals surface area contributed by atoms with E-state index in [0.717, 1.165) is 10.8 Å². The second kappa shape index (κ2) is 4.99. The largest absolute Gasteiger partial charge is 0.465 e. The summed E-state index contributed by atoms with van der Waals surface area (Å²) in [6.45, 7) is 1.27. The van der Waals surface area contributed by atoms with Crippen molar-refractivity contribution in [2.24, 2.45) is 0 Å². The number of aromatic amines is 1. The fourth-order valence-electron chi connectivity index (χ4n) is 1.85. The van der Waals surface area contributed by atoms with Crippen LogP contribution in [0.25, 0.3) is 10.9 Å². The summed E-state index contributed by atoms with van der Waals surface area (Å²) in [6, 6.07) is 0. The highest BCUT2D eigenvalue weighted by molar-refractivity contribution is 5.84. The number of nitrogens with one attached hydrogen (secondary N) is 1. The Bertz CT molecular complexity index is 702. The summed E-state index contributed by atoms with van der Waals surface area (Å²) in [6.07, 6.45) is -2.93. The molecule has 0 aliphatic rings. The molecule has 2 rings (SSSR count). The van der Waals surface area contributed by atoms with E-state index in [1.54, 1.807) is 6.92 Å². The molecule has 0 saturated carbocycles. The molecule has 0 aliphatic carbocycles. The van der Waals surface area contributed by atoms with Crippen LogP contribution >= 0.6 is 0 Å². The maximum Gasteiger partial charge on any atom is 0.418 e. The summed E-state index contributed by atoms with van der Waals surface area (Å²) >= 11 is 0. The summed E-state index contributed by atoms with van der Waals surface area (Å²) in [5.74, 6) is -0.696. The highest BCUT2D eigenvalue weighted by Gasteiger charge is 2.36. The van der Waals surface area contributed by atoms with Gasteiger partial charge < -0.3 is 9.30 Å². The van der Waals surface area contributed by atoms with Crippen molar-refractivity contribution in [3.63, 3.8) is 0 Å². The molecule has 1 N–H and O–H groups in total. The summed E-state index contributed by atoms with van der Waals surface area (Å²) in [7, 11) is 0. The van der Waals surface area contributed by atoms with E-state index < -0.39 is 35.2 Å². The van der Waals surface area contributed by atoms with Gasteiger partial charge in [-0.2, -0.15) is 18.3 Å². The van der Waals surface area contributed by atoms with Crippen molar-refractivity contribution in [1.82, 2.24) is 14.8 Å². The van der Waals surface area contributed by atoms with Crippen molar-refractivity contribution in [3.05, 3.63) is 28.3 Å². The van der Waals surface area contributed by atoms with Crippen LogP contribution in [0, 0.1) is 0 Å². The highest BCUT2D eigenvalue weighted by atomic mass is 19.4. The van der Waals surface area contributed by atoms with Crippen LogP contribution in [-0.2, 0) is 22.3 Å². The Morgan fingerprint density at radius 1 is 1.50 bits per heavy atom. The first-order chi connectivity index (χ1) is 9.34. The van der Waals surface area contributed by atoms with E-state index in [1.807, 2.05) is 5.10 Å². The number of H-pyrrole nitrogens is 1. The molecule has 0 fully saturated rings. The number of hydrogen-bond acceptors (Lipinski definition) is 4. The Morgan fingerprint density at radius 3 is 2.80 bits per heavy atom. The van der Waals surface area contributed by atoms with E-state index >= 15 is 0 Å². The summed E-state index contributed by atoms with van der Waals surface area (Å²) in [5, 5.41) is 4.84. The molecule has 2 aromatic heterocycles. The highest BCUT2D eigenvalue weighted by Crippen LogP contribution is 2.34. The van der Waals surface area contributed by atoms with Crippen molar-refractivity contribution in [1.29, 1.82) is 0 Å². The maximum absolute atomic E-state index is 12.9. The summed E-state index contributed by atoms with van der Waals surface area (Å²) in [4.78, 5) is 22.9. The molecule has 0 aliphatic heterocycles. The third kappa shape index (κ3) is 2.51. The van der Waals surface area contributed by atoms with Crippen LogP contribution in [0.1, 0.15) is 12.5 Å². The number of hydrogen-bond donors (Lipinski definition) is 1. The molecule has 0 bridgehead atoms. The zero-order valence-electron chi connectivity index (χ0n) is 10.3. The zero-order valence-corrected chi connectivity index (χ0v) is 10.3. The molecule has 2 heterocycles. The lowest BCUT2D eigenvalue weighted by Gasteiger charge is -2.04. The molecule has 0 amide bonds. The first-order valence-corrected chi connectivity index (χ1v) is 5.64. The van der Waals surface area contributed by atoms with Gasteiger partial charge in [0.25, 0.3) is 5.56 Å². The number of carbonyl (C=O) groups excluding carboxylic acids is 1. The third-order valence-electron chi connectivity index (χ3n) is 2.61. The first kappa shape index (κ1) is 14.1. The fourth-order valence-corrected chi connectivity index (χ4v) is 1.85. The smallest absolute Gasteiger partial charge is 0.418 e.